The second-order valence-corrected chi connectivity index (χ2v) is 2.74. The summed E-state index contributed by atoms with van der Waals surface area (Å²) in [6.45, 7) is 4.06. The van der Waals surface area contributed by atoms with Gasteiger partial charge in [-0.15, -0.1) is 0 Å². The molecule has 0 saturated carbocycles. The molecule has 0 radical (unpaired) electrons. The number of aryl methyl sites for hydroxylation is 2. The summed E-state index contributed by atoms with van der Waals surface area (Å²) < 4.78 is 0. The third-order valence-electron chi connectivity index (χ3n) is 1.49. The van der Waals surface area contributed by atoms with Crippen LogP contribution in [0.5, 0.6) is 0 Å². The topological polar surface area (TPSA) is 12.9 Å². The van der Waals surface area contributed by atoms with Gasteiger partial charge in [0, 0.05) is 11.9 Å². The minimum Gasteiger partial charge on any atom is -0.262 e. The molecular formula is C11H13N. The molecule has 62 valence electrons. The summed E-state index contributed by atoms with van der Waals surface area (Å²) in [5.41, 5.74) is 2.25. The first kappa shape index (κ1) is 8.72. The average molecular weight is 159 g/mol. The molecule has 1 rings (SSSR count). The Labute approximate surface area is 73.4 Å². The third kappa shape index (κ3) is 3.15. The molecular weight excluding hydrogens is 146 g/mol. The van der Waals surface area contributed by atoms with Crippen LogP contribution in [0.2, 0.25) is 0 Å². The number of rotatable bonds is 0. The summed E-state index contributed by atoms with van der Waals surface area (Å²) in [7, 11) is 0. The van der Waals surface area contributed by atoms with E-state index in [1.54, 1.807) is 6.20 Å². The Morgan fingerprint density at radius 2 is 1.75 bits per heavy atom. The Morgan fingerprint density at radius 1 is 1.00 bits per heavy atom. The van der Waals surface area contributed by atoms with Crippen molar-refractivity contribution in [1.29, 1.82) is 0 Å². The van der Waals surface area contributed by atoms with Crippen molar-refractivity contribution in [2.24, 2.45) is 0 Å². The second-order valence-electron chi connectivity index (χ2n) is 2.74. The Morgan fingerprint density at radius 3 is 2.58 bits per heavy atom. The fourth-order valence-electron chi connectivity index (χ4n) is 0.961. The highest BCUT2D eigenvalue weighted by Crippen LogP contribution is 1.93. The Hall–Kier alpha value is -1.37. The molecule has 0 aromatic carbocycles. The van der Waals surface area contributed by atoms with Gasteiger partial charge in [-0.05, 0) is 31.5 Å². The van der Waals surface area contributed by atoms with E-state index in [1.807, 2.05) is 31.2 Å². The lowest BCUT2D eigenvalue weighted by Crippen LogP contribution is -1.74. The summed E-state index contributed by atoms with van der Waals surface area (Å²) in [6, 6.07) is 12.0. The van der Waals surface area contributed by atoms with Crippen molar-refractivity contribution in [3.63, 3.8) is 0 Å². The van der Waals surface area contributed by atoms with Gasteiger partial charge in [-0.2, -0.15) is 0 Å². The van der Waals surface area contributed by atoms with E-state index in [4.69, 9.17) is 0 Å². The van der Waals surface area contributed by atoms with Gasteiger partial charge in [-0.1, -0.05) is 24.3 Å². The van der Waals surface area contributed by atoms with Crippen molar-refractivity contribution in [3.8, 4) is 0 Å². The first-order chi connectivity index (χ1) is 5.79. The third-order valence-corrected chi connectivity index (χ3v) is 1.49. The highest BCUT2D eigenvalue weighted by Gasteiger charge is 1.78. The van der Waals surface area contributed by atoms with Crippen LogP contribution in [0.3, 0.4) is 0 Å². The summed E-state index contributed by atoms with van der Waals surface area (Å²) in [4.78, 5) is 4.21. The maximum Gasteiger partial charge on any atom is 0.0375 e. The lowest BCUT2D eigenvalue weighted by molar-refractivity contribution is 1.21. The second kappa shape index (κ2) is 4.50. The molecule has 1 nitrogen and oxygen atoms in total. The van der Waals surface area contributed by atoms with Crippen LogP contribution in [0.4, 0.5) is 0 Å². The van der Waals surface area contributed by atoms with Gasteiger partial charge in [0.25, 0.3) is 0 Å². The molecule has 0 aliphatic heterocycles. The van der Waals surface area contributed by atoms with Crippen molar-refractivity contribution in [3.05, 3.63) is 53.9 Å². The van der Waals surface area contributed by atoms with Crippen LogP contribution in [-0.4, -0.2) is 4.98 Å². The van der Waals surface area contributed by atoms with E-state index in [-0.39, 0.29) is 0 Å². The van der Waals surface area contributed by atoms with Crippen LogP contribution in [-0.2, 0) is 0 Å². The van der Waals surface area contributed by atoms with E-state index in [2.05, 4.69) is 24.0 Å². The zero-order valence-electron chi connectivity index (χ0n) is 7.49. The fourth-order valence-corrected chi connectivity index (χ4v) is 0.961. The maximum atomic E-state index is 4.21. The van der Waals surface area contributed by atoms with E-state index in [9.17, 15) is 0 Å². The summed E-state index contributed by atoms with van der Waals surface area (Å²) in [5, 5.41) is 0. The number of hydrogen-bond acceptors (Lipinski definition) is 1. The highest BCUT2D eigenvalue weighted by atomic mass is 14.6. The minimum atomic E-state index is 1.03. The molecule has 0 unspecified atom stereocenters. The van der Waals surface area contributed by atoms with Gasteiger partial charge >= 0.3 is 0 Å². The molecule has 1 heterocycles. The minimum absolute atomic E-state index is 1.03. The van der Waals surface area contributed by atoms with Gasteiger partial charge in [0.2, 0.25) is 0 Å². The first-order valence-electron chi connectivity index (χ1n) is 4.01. The normalized spacial score (nSPS) is 8.83. The van der Waals surface area contributed by atoms with Gasteiger partial charge in [0.1, 0.15) is 0 Å². The smallest absolute Gasteiger partial charge is 0.0375 e. The molecule has 12 heavy (non-hydrogen) atoms. The molecule has 0 amide bonds. The molecule has 0 N–H and O–H groups in total. The van der Waals surface area contributed by atoms with Gasteiger partial charge in [0.05, 0.1) is 0 Å². The average Bonchev–Trinajstić information content (AvgIpc) is 2.02. The first-order valence-corrected chi connectivity index (χ1v) is 4.01. The Balaban J connectivity index is 3.23. The number of aromatic nitrogens is 1. The van der Waals surface area contributed by atoms with Crippen molar-refractivity contribution < 1.29 is 0 Å². The fraction of sp³-hybridized carbons (Fsp3) is 0.182. The molecule has 0 spiro atoms. The van der Waals surface area contributed by atoms with Crippen LogP contribution in [0, 0.1) is 13.8 Å². The quantitative estimate of drug-likeness (QED) is 0.567. The molecule has 1 aromatic rings. The van der Waals surface area contributed by atoms with Crippen molar-refractivity contribution in [2.45, 2.75) is 13.8 Å². The summed E-state index contributed by atoms with van der Waals surface area (Å²) in [6.07, 6.45) is 1.80. The Kier molecular flexibility index (Phi) is 3.27. The largest absolute Gasteiger partial charge is 0.262 e. The van der Waals surface area contributed by atoms with Crippen LogP contribution in [0.25, 0.3) is 0 Å². The molecule has 0 atom stereocenters. The van der Waals surface area contributed by atoms with E-state index >= 15 is 0 Å². The van der Waals surface area contributed by atoms with Crippen LogP contribution >= 0.6 is 0 Å². The maximum absolute atomic E-state index is 4.21. The van der Waals surface area contributed by atoms with E-state index < -0.39 is 0 Å². The lowest BCUT2D eigenvalue weighted by Gasteiger charge is -1.86. The lowest BCUT2D eigenvalue weighted by atomic mass is 10.3. The monoisotopic (exact) mass is 159 g/mol. The molecule has 0 bridgehead atoms. The predicted octanol–water partition coefficient (Wildman–Crippen LogP) is 2.82. The van der Waals surface area contributed by atoms with Gasteiger partial charge in [0.15, 0.2) is 0 Å². The van der Waals surface area contributed by atoms with Gasteiger partial charge in [-0.25, -0.2) is 0 Å². The molecule has 0 saturated heterocycles. The summed E-state index contributed by atoms with van der Waals surface area (Å²) >= 11 is 0. The van der Waals surface area contributed by atoms with Crippen LogP contribution in [0.15, 0.2) is 42.6 Å². The van der Waals surface area contributed by atoms with Crippen molar-refractivity contribution in [1.82, 2.24) is 4.98 Å². The molecule has 0 fully saturated rings. The Bertz CT molecular complexity index is 276. The molecule has 0 aliphatic rings. The molecule has 1 heteroatoms. The van der Waals surface area contributed by atoms with Crippen molar-refractivity contribution >= 4 is 0 Å². The molecule has 0 aliphatic carbocycles. The van der Waals surface area contributed by atoms with Crippen LogP contribution < -0.4 is 0 Å². The SMILES string of the molecule is Cc1ccccccnc(C)c1. The summed E-state index contributed by atoms with van der Waals surface area (Å²) in [5.74, 6) is 0. The van der Waals surface area contributed by atoms with Gasteiger partial charge in [-0.3, -0.25) is 4.98 Å². The predicted molar refractivity (Wildman–Crippen MR) is 51.3 cm³/mol. The zero-order valence-corrected chi connectivity index (χ0v) is 7.49. The van der Waals surface area contributed by atoms with Crippen LogP contribution in [0.1, 0.15) is 11.3 Å². The molecule has 1 aromatic heterocycles. The van der Waals surface area contributed by atoms with Crippen molar-refractivity contribution in [2.75, 3.05) is 0 Å². The highest BCUT2D eigenvalue weighted by molar-refractivity contribution is 5.11. The van der Waals surface area contributed by atoms with E-state index in [1.165, 1.54) is 5.56 Å². The number of nitrogens with zero attached hydrogens (tertiary/aromatic N) is 1. The van der Waals surface area contributed by atoms with E-state index in [0.717, 1.165) is 5.69 Å². The zero-order chi connectivity index (χ0) is 8.81. The number of hydrogen-bond donors (Lipinski definition) is 0. The van der Waals surface area contributed by atoms with Gasteiger partial charge < -0.3 is 0 Å². The standard InChI is InChI=1S/C11H13N/c1-10-7-5-3-4-6-8-12-11(2)9-10/h3-9H,1-2H3. The van der Waals surface area contributed by atoms with E-state index in [0.29, 0.717) is 0 Å².